The number of fused-ring (bicyclic) bond motifs is 4. The van der Waals surface area contributed by atoms with E-state index < -0.39 is 0 Å². The predicted molar refractivity (Wildman–Crippen MR) is 96.9 cm³/mol. The number of aliphatic hydroxyl groups is 1. The molecule has 2 bridgehead atoms. The highest BCUT2D eigenvalue weighted by molar-refractivity contribution is 5.76. The van der Waals surface area contributed by atoms with E-state index in [-0.39, 0.29) is 30.6 Å². The van der Waals surface area contributed by atoms with E-state index in [1.807, 2.05) is 29.2 Å². The van der Waals surface area contributed by atoms with Crippen molar-refractivity contribution in [3.63, 3.8) is 0 Å². The lowest BCUT2D eigenvalue weighted by molar-refractivity contribution is 0.112. The van der Waals surface area contributed by atoms with Gasteiger partial charge < -0.3 is 20.2 Å². The van der Waals surface area contributed by atoms with Crippen LogP contribution in [0.2, 0.25) is 0 Å². The minimum atomic E-state index is -0.0973. The van der Waals surface area contributed by atoms with Gasteiger partial charge in [0.2, 0.25) is 0 Å². The summed E-state index contributed by atoms with van der Waals surface area (Å²) < 4.78 is 0. The maximum atomic E-state index is 12.4. The van der Waals surface area contributed by atoms with Gasteiger partial charge in [0, 0.05) is 37.4 Å². The lowest BCUT2D eigenvalue weighted by Crippen LogP contribution is -2.54. The van der Waals surface area contributed by atoms with Crippen LogP contribution in [0, 0.1) is 11.3 Å². The number of piperidine rings is 1. The molecule has 4 rings (SSSR count). The summed E-state index contributed by atoms with van der Waals surface area (Å²) >= 11 is 0. The summed E-state index contributed by atoms with van der Waals surface area (Å²) in [5.41, 5.74) is 1.87. The molecule has 3 fully saturated rings. The molecule has 2 amide bonds. The number of anilines is 1. The van der Waals surface area contributed by atoms with Gasteiger partial charge in [0.1, 0.15) is 6.29 Å². The van der Waals surface area contributed by atoms with Gasteiger partial charge in [0.15, 0.2) is 0 Å². The van der Waals surface area contributed by atoms with Crippen LogP contribution in [0.3, 0.4) is 0 Å². The minimum absolute atomic E-state index is 0.0485. The van der Waals surface area contributed by atoms with E-state index in [2.05, 4.69) is 24.1 Å². The zero-order valence-corrected chi connectivity index (χ0v) is 14.9. The molecule has 3 aliphatic heterocycles. The standard InChI is InChI=1S/C19H27N3O3/c1-19(2)9-15-10-21(18(25)20-7-8-23)12-17(19)22(11-15)16-5-3-14(13-24)4-6-16/h3-6,13,15,17,23H,7-12H2,1-2H3,(H,20,25). The first-order valence-electron chi connectivity index (χ1n) is 8.90. The van der Waals surface area contributed by atoms with Gasteiger partial charge in [-0.1, -0.05) is 13.8 Å². The SMILES string of the molecule is CC1(C)CC2CN(C(=O)NCCO)CC1N(c1ccc(C=O)cc1)C2. The number of urea groups is 1. The van der Waals surface area contributed by atoms with Crippen LogP contribution >= 0.6 is 0 Å². The van der Waals surface area contributed by atoms with Crippen molar-refractivity contribution in [1.29, 1.82) is 0 Å². The Morgan fingerprint density at radius 1 is 1.28 bits per heavy atom. The van der Waals surface area contributed by atoms with Gasteiger partial charge in [-0.3, -0.25) is 4.79 Å². The van der Waals surface area contributed by atoms with E-state index in [0.717, 1.165) is 31.5 Å². The molecule has 0 spiro atoms. The molecule has 25 heavy (non-hydrogen) atoms. The van der Waals surface area contributed by atoms with Gasteiger partial charge in [0.25, 0.3) is 0 Å². The fourth-order valence-electron chi connectivity index (χ4n) is 4.30. The first-order valence-corrected chi connectivity index (χ1v) is 8.90. The van der Waals surface area contributed by atoms with Crippen molar-refractivity contribution >= 4 is 18.0 Å². The number of rotatable bonds is 4. The van der Waals surface area contributed by atoms with Gasteiger partial charge >= 0.3 is 6.03 Å². The molecule has 3 heterocycles. The fourth-order valence-corrected chi connectivity index (χ4v) is 4.30. The van der Waals surface area contributed by atoms with E-state index in [1.54, 1.807) is 0 Å². The Hall–Kier alpha value is -2.08. The van der Waals surface area contributed by atoms with Gasteiger partial charge in [0.05, 0.1) is 12.6 Å². The number of hydrogen-bond donors (Lipinski definition) is 2. The fraction of sp³-hybridized carbons (Fsp3) is 0.579. The normalized spacial score (nSPS) is 24.8. The summed E-state index contributed by atoms with van der Waals surface area (Å²) in [5, 5.41) is 11.7. The summed E-state index contributed by atoms with van der Waals surface area (Å²) in [4.78, 5) is 27.6. The Morgan fingerprint density at radius 3 is 2.64 bits per heavy atom. The predicted octanol–water partition coefficient (Wildman–Crippen LogP) is 1.74. The number of benzene rings is 1. The molecule has 0 aromatic heterocycles. The van der Waals surface area contributed by atoms with Crippen molar-refractivity contribution in [3.8, 4) is 0 Å². The number of nitrogens with one attached hydrogen (secondary N) is 1. The van der Waals surface area contributed by atoms with Gasteiger partial charge in [-0.05, 0) is 42.0 Å². The average molecular weight is 345 g/mol. The number of carbonyl (C=O) groups excluding carboxylic acids is 2. The first-order chi connectivity index (χ1) is 11.9. The Kier molecular flexibility index (Phi) is 4.99. The van der Waals surface area contributed by atoms with Crippen LogP contribution in [0.1, 0.15) is 30.6 Å². The number of hydrogen-bond acceptors (Lipinski definition) is 4. The Morgan fingerprint density at radius 2 is 2.00 bits per heavy atom. The molecule has 0 saturated carbocycles. The Labute approximate surface area is 148 Å². The number of aliphatic hydroxyl groups excluding tert-OH is 1. The molecule has 2 N–H and O–H groups in total. The smallest absolute Gasteiger partial charge is 0.317 e. The summed E-state index contributed by atoms with van der Waals surface area (Å²) in [5.74, 6) is 0.402. The van der Waals surface area contributed by atoms with Crippen molar-refractivity contribution in [3.05, 3.63) is 29.8 Å². The van der Waals surface area contributed by atoms with Crippen LogP contribution in [-0.2, 0) is 0 Å². The molecular weight excluding hydrogens is 318 g/mol. The summed E-state index contributed by atoms with van der Waals surface area (Å²) in [7, 11) is 0. The summed E-state index contributed by atoms with van der Waals surface area (Å²) in [6.45, 7) is 7.09. The second kappa shape index (κ2) is 7.04. The van der Waals surface area contributed by atoms with Crippen molar-refractivity contribution < 1.29 is 14.7 Å². The van der Waals surface area contributed by atoms with Gasteiger partial charge in [-0.15, -0.1) is 0 Å². The largest absolute Gasteiger partial charge is 0.395 e. The number of carbonyl (C=O) groups is 2. The highest BCUT2D eigenvalue weighted by atomic mass is 16.3. The van der Waals surface area contributed by atoms with Crippen molar-refractivity contribution in [2.75, 3.05) is 37.7 Å². The molecule has 1 aromatic rings. The second-order valence-corrected chi connectivity index (χ2v) is 7.80. The van der Waals surface area contributed by atoms with E-state index in [4.69, 9.17) is 5.11 Å². The molecule has 2 unspecified atom stereocenters. The lowest BCUT2D eigenvalue weighted by atomic mass is 9.73. The molecule has 0 radical (unpaired) electrons. The third kappa shape index (κ3) is 3.63. The van der Waals surface area contributed by atoms with Crippen LogP contribution < -0.4 is 10.2 Å². The van der Waals surface area contributed by atoms with E-state index in [9.17, 15) is 9.59 Å². The third-order valence-electron chi connectivity index (χ3n) is 5.46. The second-order valence-electron chi connectivity index (χ2n) is 7.80. The Balaban J connectivity index is 1.84. The molecule has 0 aliphatic carbocycles. The van der Waals surface area contributed by atoms with Gasteiger partial charge in [-0.2, -0.15) is 0 Å². The number of amides is 2. The molecule has 6 nitrogen and oxygen atoms in total. The first kappa shape index (κ1) is 17.7. The van der Waals surface area contributed by atoms with E-state index >= 15 is 0 Å². The third-order valence-corrected chi connectivity index (χ3v) is 5.46. The van der Waals surface area contributed by atoms with Crippen molar-refractivity contribution in [2.45, 2.75) is 26.3 Å². The van der Waals surface area contributed by atoms with Crippen LogP contribution in [0.5, 0.6) is 0 Å². The highest BCUT2D eigenvalue weighted by Crippen LogP contribution is 2.43. The number of aldehydes is 1. The average Bonchev–Trinajstić information content (AvgIpc) is 2.86. The van der Waals surface area contributed by atoms with Gasteiger partial charge in [-0.25, -0.2) is 4.79 Å². The van der Waals surface area contributed by atoms with Crippen LogP contribution in [-0.4, -0.2) is 61.2 Å². The van der Waals surface area contributed by atoms with Crippen molar-refractivity contribution in [2.24, 2.45) is 11.3 Å². The van der Waals surface area contributed by atoms with Crippen LogP contribution in [0.15, 0.2) is 24.3 Å². The Bertz CT molecular complexity index is 629. The van der Waals surface area contributed by atoms with E-state index in [1.165, 1.54) is 0 Å². The van der Waals surface area contributed by atoms with Crippen molar-refractivity contribution in [1.82, 2.24) is 10.2 Å². The molecular formula is C19H27N3O3. The zero-order valence-electron chi connectivity index (χ0n) is 14.9. The highest BCUT2D eigenvalue weighted by Gasteiger charge is 2.46. The van der Waals surface area contributed by atoms with Crippen LogP contribution in [0.4, 0.5) is 10.5 Å². The quantitative estimate of drug-likeness (QED) is 0.816. The summed E-state index contributed by atoms with van der Waals surface area (Å²) in [6.07, 6.45) is 1.94. The molecule has 3 saturated heterocycles. The molecule has 1 aromatic carbocycles. The topological polar surface area (TPSA) is 72.9 Å². The summed E-state index contributed by atoms with van der Waals surface area (Å²) in [6, 6.07) is 7.81. The maximum absolute atomic E-state index is 12.4. The molecule has 136 valence electrons. The maximum Gasteiger partial charge on any atom is 0.317 e. The molecule has 3 aliphatic rings. The zero-order chi connectivity index (χ0) is 18.0. The lowest BCUT2D eigenvalue weighted by Gasteiger charge is -2.48. The molecule has 2 atom stereocenters. The van der Waals surface area contributed by atoms with E-state index in [0.29, 0.717) is 18.0 Å². The molecule has 6 heteroatoms. The van der Waals surface area contributed by atoms with Crippen LogP contribution in [0.25, 0.3) is 0 Å². The monoisotopic (exact) mass is 345 g/mol. The minimum Gasteiger partial charge on any atom is -0.395 e. The number of nitrogens with zero attached hydrogens (tertiary/aromatic N) is 2.